The third-order valence-electron chi connectivity index (χ3n) is 17.4. The number of hydrogen-bond donors (Lipinski definition) is 0. The van der Waals surface area contributed by atoms with Gasteiger partial charge in [-0.15, -0.1) is 0 Å². The van der Waals surface area contributed by atoms with Crippen LogP contribution in [0.4, 0.5) is 0 Å². The molecule has 0 saturated heterocycles. The van der Waals surface area contributed by atoms with Gasteiger partial charge in [0.1, 0.15) is 0 Å². The average molecular weight is 929 g/mol. The molecule has 0 spiro atoms. The van der Waals surface area contributed by atoms with E-state index in [1.165, 1.54) is 185 Å². The Bertz CT molecular complexity index is 5070. The molecule has 0 heterocycles. The topological polar surface area (TPSA) is 0 Å². The van der Waals surface area contributed by atoms with Crippen LogP contribution in [0.25, 0.3) is 185 Å². The highest BCUT2D eigenvalue weighted by Crippen LogP contribution is 2.57. The van der Waals surface area contributed by atoms with E-state index < -0.39 is 0 Å². The van der Waals surface area contributed by atoms with E-state index in [1.807, 2.05) is 0 Å². The number of hydrogen-bond acceptors (Lipinski definition) is 0. The summed E-state index contributed by atoms with van der Waals surface area (Å²) in [6.07, 6.45) is 0. The van der Waals surface area contributed by atoms with E-state index in [0.29, 0.717) is 0 Å². The quantitative estimate of drug-likeness (QED) is 0.122. The van der Waals surface area contributed by atoms with Crippen molar-refractivity contribution in [2.45, 2.75) is 0 Å². The zero-order valence-electron chi connectivity index (χ0n) is 40.1. The first-order valence-corrected chi connectivity index (χ1v) is 26.0. The number of fused-ring (bicyclic) bond motifs is 11. The molecule has 0 bridgehead atoms. The second-order valence-corrected chi connectivity index (χ2v) is 20.8. The number of rotatable bonds is 4. The summed E-state index contributed by atoms with van der Waals surface area (Å²) < 4.78 is 0. The minimum atomic E-state index is 1.21. The Kier molecular flexibility index (Phi) is 7.43. The molecule has 336 valence electrons. The lowest BCUT2D eigenvalue weighted by Gasteiger charge is -2.21. The van der Waals surface area contributed by atoms with E-state index in [-0.39, 0.29) is 0 Å². The van der Waals surface area contributed by atoms with Gasteiger partial charge in [0.25, 0.3) is 0 Å². The van der Waals surface area contributed by atoms with Gasteiger partial charge in [0.2, 0.25) is 0 Å². The van der Waals surface area contributed by atoms with Crippen LogP contribution in [0.15, 0.2) is 243 Å². The molecule has 0 aliphatic carbocycles. The molecular weight excluding hydrogens is 889 g/mol. The molecule has 18 aromatic carbocycles. The largest absolute Gasteiger partial charge is 0.0622 e. The molecular formula is C74H40. The Hall–Kier alpha value is -9.62. The lowest BCUT2D eigenvalue weighted by Crippen LogP contribution is -1.93. The van der Waals surface area contributed by atoms with Crippen molar-refractivity contribution in [3.8, 4) is 44.5 Å². The normalized spacial score (nSPS) is 12.6. The number of benzene rings is 16. The van der Waals surface area contributed by atoms with E-state index in [4.69, 9.17) is 0 Å². The predicted octanol–water partition coefficient (Wildman–Crippen LogP) is 21.1. The summed E-state index contributed by atoms with van der Waals surface area (Å²) in [5, 5.41) is 34.2. The Morgan fingerprint density at radius 2 is 0.432 bits per heavy atom. The predicted molar refractivity (Wildman–Crippen MR) is 321 cm³/mol. The fraction of sp³-hybridized carbons (Fsp3) is 0. The zero-order valence-corrected chi connectivity index (χ0v) is 40.1. The van der Waals surface area contributed by atoms with Crippen molar-refractivity contribution in [3.63, 3.8) is 0 Å². The van der Waals surface area contributed by atoms with E-state index in [2.05, 4.69) is 243 Å². The summed E-state index contributed by atoms with van der Waals surface area (Å²) in [5.74, 6) is 0. The van der Waals surface area contributed by atoms with Crippen molar-refractivity contribution in [1.82, 2.24) is 0 Å². The van der Waals surface area contributed by atoms with Crippen LogP contribution in [0.2, 0.25) is 0 Å². The summed E-state index contributed by atoms with van der Waals surface area (Å²) in [7, 11) is 0. The van der Waals surface area contributed by atoms with Crippen molar-refractivity contribution >= 4 is 140 Å². The van der Waals surface area contributed by atoms with Crippen molar-refractivity contribution in [2.75, 3.05) is 0 Å². The van der Waals surface area contributed by atoms with Crippen LogP contribution < -0.4 is 0 Å². The van der Waals surface area contributed by atoms with E-state index in [1.54, 1.807) is 0 Å². The third-order valence-corrected chi connectivity index (χ3v) is 17.4. The summed E-state index contributed by atoms with van der Waals surface area (Å²) in [5.41, 5.74) is 9.95. The molecule has 0 aliphatic heterocycles. The van der Waals surface area contributed by atoms with Gasteiger partial charge in [-0.2, -0.15) is 0 Å². The van der Waals surface area contributed by atoms with Gasteiger partial charge >= 0.3 is 0 Å². The summed E-state index contributed by atoms with van der Waals surface area (Å²) >= 11 is 0. The molecule has 0 saturated carbocycles. The van der Waals surface area contributed by atoms with Crippen molar-refractivity contribution in [1.29, 1.82) is 0 Å². The Morgan fingerprint density at radius 1 is 0.149 bits per heavy atom. The van der Waals surface area contributed by atoms with Crippen molar-refractivity contribution in [3.05, 3.63) is 243 Å². The van der Waals surface area contributed by atoms with Gasteiger partial charge < -0.3 is 0 Å². The van der Waals surface area contributed by atoms with Gasteiger partial charge in [0, 0.05) is 0 Å². The van der Waals surface area contributed by atoms with Gasteiger partial charge in [-0.3, -0.25) is 0 Å². The molecule has 0 nitrogen and oxygen atoms in total. The Balaban J connectivity index is 1.10. The van der Waals surface area contributed by atoms with Crippen LogP contribution in [0.5, 0.6) is 0 Å². The van der Waals surface area contributed by atoms with Gasteiger partial charge in [-0.05, 0) is 197 Å². The van der Waals surface area contributed by atoms with Crippen LogP contribution in [-0.4, -0.2) is 0 Å². The van der Waals surface area contributed by atoms with Gasteiger partial charge in [0.15, 0.2) is 0 Å². The van der Waals surface area contributed by atoms with Crippen LogP contribution in [0.1, 0.15) is 0 Å². The Morgan fingerprint density at radius 3 is 0.797 bits per heavy atom. The first-order chi connectivity index (χ1) is 36.8. The van der Waals surface area contributed by atoms with E-state index in [9.17, 15) is 0 Å². The lowest BCUT2D eigenvalue weighted by atomic mass is 9.82. The highest BCUT2D eigenvalue weighted by molar-refractivity contribution is 6.48. The molecule has 0 N–H and O–H groups in total. The monoisotopic (exact) mass is 928 g/mol. The van der Waals surface area contributed by atoms with Gasteiger partial charge in [-0.1, -0.05) is 231 Å². The van der Waals surface area contributed by atoms with Crippen LogP contribution in [0.3, 0.4) is 0 Å². The second kappa shape index (κ2) is 14.1. The fourth-order valence-corrected chi connectivity index (χ4v) is 14.6. The van der Waals surface area contributed by atoms with Gasteiger partial charge in [-0.25, -0.2) is 0 Å². The molecule has 0 atom stereocenters. The average Bonchev–Trinajstić information content (AvgIpc) is 3.99. The molecule has 0 aliphatic rings. The molecule has 0 unspecified atom stereocenters. The first kappa shape index (κ1) is 39.0. The highest BCUT2D eigenvalue weighted by atomic mass is 14.3. The first-order valence-electron chi connectivity index (χ1n) is 26.0. The maximum atomic E-state index is 2.60. The molecule has 0 amide bonds. The molecule has 0 heteroatoms. The van der Waals surface area contributed by atoms with E-state index >= 15 is 0 Å². The van der Waals surface area contributed by atoms with Crippen molar-refractivity contribution in [2.24, 2.45) is 0 Å². The smallest absolute Gasteiger partial charge is 0.000718 e. The van der Waals surface area contributed by atoms with E-state index in [0.717, 1.165) is 0 Å². The maximum absolute atomic E-state index is 2.60. The highest BCUT2D eigenvalue weighted by Gasteiger charge is 2.29. The molecule has 18 rings (SSSR count). The molecule has 0 fully saturated rings. The summed E-state index contributed by atoms with van der Waals surface area (Å²) in [6, 6.07) is 92.5. The molecule has 0 radical (unpaired) electrons. The minimum absolute atomic E-state index is 1.21. The minimum Gasteiger partial charge on any atom is -0.0622 e. The van der Waals surface area contributed by atoms with Crippen LogP contribution in [0, 0.1) is 0 Å². The zero-order chi connectivity index (χ0) is 47.9. The van der Waals surface area contributed by atoms with Crippen molar-refractivity contribution < 1.29 is 0 Å². The lowest BCUT2D eigenvalue weighted by molar-refractivity contribution is 1.61. The fourth-order valence-electron chi connectivity index (χ4n) is 14.6. The third kappa shape index (κ3) is 4.84. The van der Waals surface area contributed by atoms with Crippen LogP contribution >= 0.6 is 0 Å². The SMILES string of the molecule is c1ccc(-c2ccccc2-c2c3cc4c(cc3c(-c3ccccc3-c3ccccc3)c3c5ccc6c7cccc8cccc(c9ccc(c23)c5c96)c87)c2ccc3c5cccc6cccc(c7ccc4c2c73)c65)cc1. The standard InChI is InChI=1S/C74H40/c1-3-15-41(16-4-1)45-23-7-9-25-47(45)70-63-39-61-57-33-31-53-49-27-11-19-43-20-12-28-50(65(43)49)54-32-34-58(69(57)67(53)54)62(61)40-64(63)71(48-26-10-8-24-46(48)42-17-5-2-6-18-42)74-60-38-36-56-52-30-14-22-44-21-13-29-51(66(44)52)55-35-37-59(73(70)74)72(60)68(55)56/h1-40H. The summed E-state index contributed by atoms with van der Waals surface area (Å²) in [6.45, 7) is 0. The van der Waals surface area contributed by atoms with Gasteiger partial charge in [0.05, 0.1) is 0 Å². The molecule has 0 aromatic heterocycles. The second-order valence-electron chi connectivity index (χ2n) is 20.8. The van der Waals surface area contributed by atoms with Crippen LogP contribution in [-0.2, 0) is 0 Å². The summed E-state index contributed by atoms with van der Waals surface area (Å²) in [4.78, 5) is 0. The molecule has 18 aromatic rings. The maximum Gasteiger partial charge on any atom is -0.000718 e. The Labute approximate surface area is 424 Å². The molecule has 74 heavy (non-hydrogen) atoms.